The van der Waals surface area contributed by atoms with E-state index in [1.807, 2.05) is 0 Å². The van der Waals surface area contributed by atoms with Crippen molar-refractivity contribution >= 4 is 17.4 Å². The van der Waals surface area contributed by atoms with E-state index in [0.29, 0.717) is 19.1 Å². The molecule has 1 rings (SSSR count). The minimum Gasteiger partial charge on any atom is -0.450 e. The van der Waals surface area contributed by atoms with Gasteiger partial charge in [0, 0.05) is 18.3 Å². The van der Waals surface area contributed by atoms with Gasteiger partial charge in [0.25, 0.3) is 0 Å². The van der Waals surface area contributed by atoms with Crippen molar-refractivity contribution in [2.45, 2.75) is 33.1 Å². The average molecular weight is 242 g/mol. The van der Waals surface area contributed by atoms with Crippen LogP contribution >= 0.6 is 11.3 Å². The van der Waals surface area contributed by atoms with Gasteiger partial charge in [0.2, 0.25) is 0 Å². The highest BCUT2D eigenvalue weighted by Crippen LogP contribution is 2.17. The molecule has 1 heterocycles. The second kappa shape index (κ2) is 6.48. The first-order chi connectivity index (χ1) is 7.63. The molecule has 1 aromatic rings. The molecule has 0 unspecified atom stereocenters. The van der Waals surface area contributed by atoms with Crippen molar-refractivity contribution in [2.24, 2.45) is 0 Å². The Kier molecular flexibility index (Phi) is 5.25. The predicted molar refractivity (Wildman–Crippen MR) is 64.9 cm³/mol. The number of nitrogens with one attached hydrogen (secondary N) is 1. The number of carbonyl (C=O) groups excluding carboxylic acids is 1. The van der Waals surface area contributed by atoms with E-state index in [2.05, 4.69) is 29.5 Å². The molecule has 1 amide bonds. The summed E-state index contributed by atoms with van der Waals surface area (Å²) in [6.45, 7) is 7.01. The van der Waals surface area contributed by atoms with Crippen LogP contribution in [0.3, 0.4) is 0 Å². The Hall–Kier alpha value is -1.10. The first-order valence-electron chi connectivity index (χ1n) is 5.48. The Balaban J connectivity index is 2.29. The number of carbonyl (C=O) groups is 1. The first-order valence-corrected chi connectivity index (χ1v) is 6.36. The van der Waals surface area contributed by atoms with Crippen molar-refractivity contribution < 1.29 is 9.53 Å². The lowest BCUT2D eigenvalue weighted by Crippen LogP contribution is -2.26. The van der Waals surface area contributed by atoms with Crippen LogP contribution in [0.1, 0.15) is 37.4 Å². The summed E-state index contributed by atoms with van der Waals surface area (Å²) in [5.41, 5.74) is 1.12. The van der Waals surface area contributed by atoms with E-state index in [1.54, 1.807) is 18.3 Å². The van der Waals surface area contributed by atoms with E-state index in [1.165, 1.54) is 0 Å². The molecule has 5 heteroatoms. The third kappa shape index (κ3) is 4.18. The molecule has 4 nitrogen and oxygen atoms in total. The molecule has 1 aromatic heterocycles. The molecule has 0 aromatic carbocycles. The predicted octanol–water partition coefficient (Wildman–Crippen LogP) is 2.56. The topological polar surface area (TPSA) is 51.2 Å². The van der Waals surface area contributed by atoms with Crippen molar-refractivity contribution in [2.75, 3.05) is 13.2 Å². The minimum atomic E-state index is -0.358. The highest BCUT2D eigenvalue weighted by Gasteiger charge is 2.06. The normalized spacial score (nSPS) is 10.5. The van der Waals surface area contributed by atoms with Gasteiger partial charge in [0.1, 0.15) is 0 Å². The highest BCUT2D eigenvalue weighted by molar-refractivity contribution is 7.09. The third-order valence-corrected chi connectivity index (χ3v) is 2.97. The number of hydrogen-bond donors (Lipinski definition) is 1. The number of ether oxygens (including phenoxy) is 1. The molecule has 0 fully saturated rings. The Bertz CT molecular complexity index is 336. The Morgan fingerprint density at radius 1 is 1.62 bits per heavy atom. The summed E-state index contributed by atoms with van der Waals surface area (Å²) in [5, 5.41) is 5.81. The van der Waals surface area contributed by atoms with Gasteiger partial charge in [0.05, 0.1) is 17.3 Å². The highest BCUT2D eigenvalue weighted by atomic mass is 32.1. The van der Waals surface area contributed by atoms with Crippen LogP contribution < -0.4 is 5.32 Å². The second-order valence-electron chi connectivity index (χ2n) is 3.72. The Morgan fingerprint density at radius 3 is 2.94 bits per heavy atom. The van der Waals surface area contributed by atoms with Gasteiger partial charge in [-0.3, -0.25) is 0 Å². The van der Waals surface area contributed by atoms with E-state index in [4.69, 9.17) is 4.74 Å². The second-order valence-corrected chi connectivity index (χ2v) is 4.66. The molecule has 0 bridgehead atoms. The average Bonchev–Trinajstić information content (AvgIpc) is 2.67. The Labute approximate surface area is 100 Å². The molecule has 0 saturated heterocycles. The maximum Gasteiger partial charge on any atom is 0.407 e. The van der Waals surface area contributed by atoms with Crippen molar-refractivity contribution in [3.05, 3.63) is 16.1 Å². The number of hydrogen-bond acceptors (Lipinski definition) is 4. The van der Waals surface area contributed by atoms with E-state index >= 15 is 0 Å². The zero-order valence-electron chi connectivity index (χ0n) is 9.95. The van der Waals surface area contributed by atoms with Crippen LogP contribution in [0.25, 0.3) is 0 Å². The zero-order chi connectivity index (χ0) is 12.0. The standard InChI is InChI=1S/C11H18N2O2S/c1-4-15-11(14)12-6-5-10-13-9(7-16-10)8(2)3/h7-8H,4-6H2,1-3H3,(H,12,14). The maximum atomic E-state index is 11.0. The fourth-order valence-electron chi connectivity index (χ4n) is 1.16. The van der Waals surface area contributed by atoms with Crippen molar-refractivity contribution in [1.82, 2.24) is 10.3 Å². The quantitative estimate of drug-likeness (QED) is 0.863. The van der Waals surface area contributed by atoms with Crippen LogP contribution in [0.4, 0.5) is 4.79 Å². The Morgan fingerprint density at radius 2 is 2.38 bits per heavy atom. The molecular formula is C11H18N2O2S. The minimum absolute atomic E-state index is 0.358. The van der Waals surface area contributed by atoms with Gasteiger partial charge < -0.3 is 10.1 Å². The molecule has 0 aliphatic rings. The van der Waals surface area contributed by atoms with E-state index in [0.717, 1.165) is 17.1 Å². The summed E-state index contributed by atoms with van der Waals surface area (Å²) in [7, 11) is 0. The van der Waals surface area contributed by atoms with Gasteiger partial charge in [-0.1, -0.05) is 13.8 Å². The molecule has 90 valence electrons. The molecule has 0 spiro atoms. The smallest absolute Gasteiger partial charge is 0.407 e. The van der Waals surface area contributed by atoms with Crippen LogP contribution in [-0.2, 0) is 11.2 Å². The van der Waals surface area contributed by atoms with Gasteiger partial charge >= 0.3 is 6.09 Å². The monoisotopic (exact) mass is 242 g/mol. The number of thiazole rings is 1. The lowest BCUT2D eigenvalue weighted by molar-refractivity contribution is 0.152. The van der Waals surface area contributed by atoms with Crippen LogP contribution in [0.15, 0.2) is 5.38 Å². The SMILES string of the molecule is CCOC(=O)NCCc1nc(C(C)C)cs1. The molecular weight excluding hydrogens is 224 g/mol. The fraction of sp³-hybridized carbons (Fsp3) is 0.636. The number of nitrogens with zero attached hydrogens (tertiary/aromatic N) is 1. The van der Waals surface area contributed by atoms with E-state index in [9.17, 15) is 4.79 Å². The van der Waals surface area contributed by atoms with Gasteiger partial charge in [-0.2, -0.15) is 0 Å². The van der Waals surface area contributed by atoms with Crippen LogP contribution in [-0.4, -0.2) is 24.2 Å². The largest absolute Gasteiger partial charge is 0.450 e. The summed E-state index contributed by atoms with van der Waals surface area (Å²) in [5.74, 6) is 0.461. The van der Waals surface area contributed by atoms with Gasteiger partial charge in [-0.25, -0.2) is 9.78 Å². The lowest BCUT2D eigenvalue weighted by Gasteiger charge is -2.03. The summed E-state index contributed by atoms with van der Waals surface area (Å²) in [6, 6.07) is 0. The first kappa shape index (κ1) is 13.0. The molecule has 1 N–H and O–H groups in total. The fourth-order valence-corrected chi connectivity index (χ4v) is 2.12. The summed E-state index contributed by atoms with van der Waals surface area (Å²) in [4.78, 5) is 15.5. The summed E-state index contributed by atoms with van der Waals surface area (Å²) in [6.07, 6.45) is 0.402. The molecule has 0 saturated carbocycles. The van der Waals surface area contributed by atoms with Gasteiger partial charge in [0.15, 0.2) is 0 Å². The van der Waals surface area contributed by atoms with Crippen LogP contribution in [0, 0.1) is 0 Å². The maximum absolute atomic E-state index is 11.0. The number of rotatable bonds is 5. The summed E-state index contributed by atoms with van der Waals surface area (Å²) < 4.78 is 4.76. The van der Waals surface area contributed by atoms with Gasteiger partial charge in [-0.05, 0) is 12.8 Å². The molecule has 0 atom stereocenters. The van der Waals surface area contributed by atoms with Crippen molar-refractivity contribution in [3.63, 3.8) is 0 Å². The molecule has 0 aliphatic heterocycles. The lowest BCUT2D eigenvalue weighted by atomic mass is 10.2. The zero-order valence-corrected chi connectivity index (χ0v) is 10.8. The number of alkyl carbamates (subject to hydrolysis) is 1. The molecule has 0 radical (unpaired) electrons. The van der Waals surface area contributed by atoms with Gasteiger partial charge in [-0.15, -0.1) is 11.3 Å². The van der Waals surface area contributed by atoms with E-state index < -0.39 is 0 Å². The van der Waals surface area contributed by atoms with Crippen molar-refractivity contribution in [1.29, 1.82) is 0 Å². The molecule has 16 heavy (non-hydrogen) atoms. The third-order valence-electron chi connectivity index (χ3n) is 2.04. The van der Waals surface area contributed by atoms with E-state index in [-0.39, 0.29) is 6.09 Å². The van der Waals surface area contributed by atoms with Crippen molar-refractivity contribution in [3.8, 4) is 0 Å². The molecule has 0 aliphatic carbocycles. The van der Waals surface area contributed by atoms with Crippen LogP contribution in [0.2, 0.25) is 0 Å². The van der Waals surface area contributed by atoms with Crippen LogP contribution in [0.5, 0.6) is 0 Å². The number of amides is 1. The number of aromatic nitrogens is 1. The summed E-state index contributed by atoms with van der Waals surface area (Å²) >= 11 is 1.64.